The molecule has 0 bridgehead atoms. The Hall–Kier alpha value is -0.280. The molecule has 0 N–H and O–H groups in total. The molecule has 0 radical (unpaired) electrons. The predicted molar refractivity (Wildman–Crippen MR) is 387 cm³/mol. The van der Waals surface area contributed by atoms with Crippen LogP contribution in [0.5, 0.6) is 0 Å². The average Bonchev–Trinajstić information content (AvgIpc) is 3.88. The van der Waals surface area contributed by atoms with Crippen LogP contribution >= 0.6 is 0 Å². The minimum Gasteiger partial charge on any atom is -0.200 e. The number of alkyl halides is 4. The van der Waals surface area contributed by atoms with Crippen molar-refractivity contribution in [2.45, 2.75) is 444 Å². The highest BCUT2D eigenvalue weighted by molar-refractivity contribution is 4.76. The number of hydrogen-bond acceptors (Lipinski definition) is 0. The first-order valence-corrected chi connectivity index (χ1v) is 35.7. The van der Waals surface area contributed by atoms with E-state index in [9.17, 15) is 17.6 Å². The maximum atomic E-state index is 11.5. The van der Waals surface area contributed by atoms with Crippen LogP contribution in [-0.4, -0.2) is 11.8 Å². The van der Waals surface area contributed by atoms with Gasteiger partial charge in [-0.1, -0.05) is 406 Å². The fourth-order valence-corrected chi connectivity index (χ4v) is 4.52. The Morgan fingerprint density at radius 1 is 0.354 bits per heavy atom. The molecule has 0 unspecified atom stereocenters. The van der Waals surface area contributed by atoms with Crippen molar-refractivity contribution >= 4 is 0 Å². The zero-order valence-corrected chi connectivity index (χ0v) is 66.9. The van der Waals surface area contributed by atoms with Crippen molar-refractivity contribution in [3.05, 3.63) is 0 Å². The van der Waals surface area contributed by atoms with Gasteiger partial charge in [0.25, 0.3) is 0 Å². The summed E-state index contributed by atoms with van der Waals surface area (Å²) in [6.07, 6.45) is 29.6. The second-order valence-electron chi connectivity index (χ2n) is 30.2. The summed E-state index contributed by atoms with van der Waals surface area (Å²) in [7, 11) is 0. The standard InChI is InChI=1S/C9H18.C7H14.C7H16.C6H12.3C6H14.3C5H12.C4H6F4.C4H10.4C2H6/c1-8-4-6-9(2,3)7-5-8;1-7-5-3-2-4-6-7;1-5-7(3,4)6-2;1-6-4-2-3-5-6;2*1-5-6(2,3)4;1-4-6(3)5-2;1-5(2,3)4;2*1-4-5(2)3;1-3(5,6)4(2,7)8;1-4(2)3;4*1-2/h8H,4-7H2,1-3H3;7H,2-6H2,1H3;5-6H2,1-4H3;6H,2-5H2,1H3;2*5H2,1-4H3;6H,4-5H2,1-3H3;1-4H3;2*5H,4H2,1-3H3;1-2H3;4H,1-3H3;4*1-2H3. The van der Waals surface area contributed by atoms with Crippen LogP contribution in [0.2, 0.25) is 0 Å². The first kappa shape index (κ1) is 113. The summed E-state index contributed by atoms with van der Waals surface area (Å²) in [4.78, 5) is 0. The Morgan fingerprint density at radius 3 is 0.585 bits per heavy atom. The topological polar surface area (TPSA) is 0 Å². The van der Waals surface area contributed by atoms with E-state index in [1.165, 1.54) is 135 Å². The van der Waals surface area contributed by atoms with Crippen LogP contribution in [0.25, 0.3) is 0 Å². The van der Waals surface area contributed by atoms with Gasteiger partial charge in [0.15, 0.2) is 0 Å². The Kier molecular flexibility index (Phi) is 101. The maximum absolute atomic E-state index is 11.5. The van der Waals surface area contributed by atoms with Gasteiger partial charge in [0.2, 0.25) is 0 Å². The molecule has 3 aliphatic carbocycles. The molecule has 0 aromatic carbocycles. The van der Waals surface area contributed by atoms with Gasteiger partial charge in [0, 0.05) is 13.8 Å². The van der Waals surface area contributed by atoms with Crippen molar-refractivity contribution in [1.29, 1.82) is 0 Å². The fourth-order valence-electron chi connectivity index (χ4n) is 4.52. The molecule has 82 heavy (non-hydrogen) atoms. The second-order valence-corrected chi connectivity index (χ2v) is 30.2. The van der Waals surface area contributed by atoms with Gasteiger partial charge in [-0.3, -0.25) is 0 Å². The van der Waals surface area contributed by atoms with Gasteiger partial charge in [-0.15, -0.1) is 0 Å². The van der Waals surface area contributed by atoms with Gasteiger partial charge in [0.1, 0.15) is 0 Å². The molecule has 0 atom stereocenters. The normalized spacial score (nSPS) is 14.7. The van der Waals surface area contributed by atoms with Gasteiger partial charge in [-0.25, -0.2) is 17.6 Å². The summed E-state index contributed by atoms with van der Waals surface area (Å²) >= 11 is 0. The van der Waals surface area contributed by atoms with E-state index < -0.39 is 11.8 Å². The van der Waals surface area contributed by atoms with Crippen LogP contribution in [0.15, 0.2) is 0 Å². The highest BCUT2D eigenvalue weighted by atomic mass is 19.3. The zero-order valence-electron chi connectivity index (χ0n) is 66.9. The molecule has 518 valence electrons. The molecule has 3 fully saturated rings. The summed E-state index contributed by atoms with van der Waals surface area (Å²) in [5.74, 6) is -1.17. The van der Waals surface area contributed by atoms with Crippen molar-refractivity contribution in [3.8, 4) is 0 Å². The van der Waals surface area contributed by atoms with Crippen molar-refractivity contribution in [2.24, 2.45) is 68.5 Å². The Balaban J connectivity index is -0.0000000572. The first-order valence-electron chi connectivity index (χ1n) is 35.7. The molecule has 0 aromatic rings. The van der Waals surface area contributed by atoms with E-state index in [-0.39, 0.29) is 13.8 Å². The molecule has 0 spiro atoms. The van der Waals surface area contributed by atoms with E-state index >= 15 is 0 Å². The highest BCUT2D eigenvalue weighted by Crippen LogP contribution is 2.37. The molecule has 0 saturated heterocycles. The van der Waals surface area contributed by atoms with Crippen LogP contribution in [0.4, 0.5) is 17.6 Å². The van der Waals surface area contributed by atoms with Gasteiger partial charge in [-0.05, 0) is 81.3 Å². The van der Waals surface area contributed by atoms with Crippen molar-refractivity contribution in [1.82, 2.24) is 0 Å². The number of rotatable bonds is 7. The lowest BCUT2D eigenvalue weighted by Gasteiger charge is -2.32. The Labute approximate surface area is 528 Å². The van der Waals surface area contributed by atoms with Gasteiger partial charge < -0.3 is 0 Å². The molecule has 0 aliphatic heterocycles. The molecule has 0 aromatic heterocycles. The van der Waals surface area contributed by atoms with Crippen molar-refractivity contribution < 1.29 is 17.6 Å². The third-order valence-corrected chi connectivity index (χ3v) is 14.0. The van der Waals surface area contributed by atoms with Gasteiger partial charge in [0.05, 0.1) is 0 Å². The third kappa shape index (κ3) is 159. The van der Waals surface area contributed by atoms with Crippen LogP contribution in [0, 0.1) is 68.5 Å². The van der Waals surface area contributed by atoms with E-state index in [0.29, 0.717) is 27.1 Å². The van der Waals surface area contributed by atoms with Crippen molar-refractivity contribution in [3.63, 3.8) is 0 Å². The summed E-state index contributed by atoms with van der Waals surface area (Å²) in [6.45, 7) is 90.4. The monoisotopic (exact) mass is 1190 g/mol. The highest BCUT2D eigenvalue weighted by Gasteiger charge is 2.47. The SMILES string of the molecule is CC.CC.CC.CC.CC(C)(C)C.CC(C)C.CC(F)(F)C(C)(F)F.CC1CCC(C)(C)CC1.CC1CCCC1.CC1CCCCC1.CCC(C)(C)C.CCC(C)(C)C.CCC(C)(C)CC.CCC(C)C.CCC(C)C.CCC(C)CC. The van der Waals surface area contributed by atoms with Crippen LogP contribution in [0.1, 0.15) is 433 Å². The average molecular weight is 1190 g/mol. The predicted octanol–water partition coefficient (Wildman–Crippen LogP) is 32.4. The molecule has 0 heterocycles. The van der Waals surface area contributed by atoms with Crippen LogP contribution in [-0.2, 0) is 0 Å². The second kappa shape index (κ2) is 73.2. The number of hydrogen-bond donors (Lipinski definition) is 0. The van der Waals surface area contributed by atoms with E-state index in [1.54, 1.807) is 0 Å². The molecule has 0 nitrogen and oxygen atoms in total. The minimum atomic E-state index is -3.90. The lowest BCUT2D eigenvalue weighted by molar-refractivity contribution is -0.185. The smallest absolute Gasteiger partial charge is 0.200 e. The van der Waals surface area contributed by atoms with Crippen LogP contribution in [0.3, 0.4) is 0 Å². The summed E-state index contributed by atoms with van der Waals surface area (Å²) < 4.78 is 45.9. The molecular formula is C78H178F4. The Bertz CT molecular complexity index is 961. The first-order chi connectivity index (χ1) is 37.0. The molecule has 4 heteroatoms. The van der Waals surface area contributed by atoms with Gasteiger partial charge in [-0.2, -0.15) is 0 Å². The molecule has 3 aliphatic rings. The fraction of sp³-hybridized carbons (Fsp3) is 1.00. The lowest BCUT2D eigenvalue weighted by Crippen LogP contribution is -2.33. The maximum Gasteiger partial charge on any atom is 0.307 e. The molecular weight excluding hydrogens is 1010 g/mol. The van der Waals surface area contributed by atoms with E-state index in [4.69, 9.17) is 0 Å². The molecule has 3 saturated carbocycles. The Morgan fingerprint density at radius 2 is 0.524 bits per heavy atom. The molecule has 3 rings (SSSR count). The van der Waals surface area contributed by atoms with Gasteiger partial charge >= 0.3 is 11.8 Å². The minimum absolute atomic E-state index is 0.188. The summed E-state index contributed by atoms with van der Waals surface area (Å²) in [6, 6.07) is 0. The largest absolute Gasteiger partial charge is 0.307 e. The van der Waals surface area contributed by atoms with E-state index in [2.05, 4.69) is 228 Å². The van der Waals surface area contributed by atoms with E-state index in [1.807, 2.05) is 55.4 Å². The van der Waals surface area contributed by atoms with E-state index in [0.717, 1.165) is 41.4 Å². The third-order valence-electron chi connectivity index (χ3n) is 14.0. The number of halogens is 4. The zero-order chi connectivity index (χ0) is 69.4. The van der Waals surface area contributed by atoms with Crippen LogP contribution < -0.4 is 0 Å². The summed E-state index contributed by atoms with van der Waals surface area (Å²) in [5, 5.41) is 0. The quantitative estimate of drug-likeness (QED) is 0.223. The lowest BCUT2D eigenvalue weighted by atomic mass is 9.74. The van der Waals surface area contributed by atoms with Crippen molar-refractivity contribution in [2.75, 3.05) is 0 Å². The molecule has 0 amide bonds. The summed E-state index contributed by atoms with van der Waals surface area (Å²) in [5.41, 5.74) is 2.83.